The molecule has 0 unspecified atom stereocenters. The second kappa shape index (κ2) is 10.0. The molecule has 0 bridgehead atoms. The Morgan fingerprint density at radius 2 is 1.77 bits per heavy atom. The molecule has 0 radical (unpaired) electrons. The van der Waals surface area contributed by atoms with Gasteiger partial charge in [-0.05, 0) is 32.8 Å². The summed E-state index contributed by atoms with van der Waals surface area (Å²) in [4.78, 5) is 50.6. The van der Waals surface area contributed by atoms with Crippen LogP contribution in [0.1, 0.15) is 48.3 Å². The van der Waals surface area contributed by atoms with Crippen molar-refractivity contribution < 1.29 is 23.9 Å². The number of aryl methyl sites for hydroxylation is 1. The van der Waals surface area contributed by atoms with Crippen LogP contribution in [0.5, 0.6) is 0 Å². The first-order valence-corrected chi connectivity index (χ1v) is 11.3. The fourth-order valence-electron chi connectivity index (χ4n) is 3.65. The molecule has 1 saturated heterocycles. The average Bonchev–Trinajstić information content (AvgIpc) is 2.89. The lowest BCUT2D eigenvalue weighted by atomic mass is 10.2. The van der Waals surface area contributed by atoms with Gasteiger partial charge in [0.2, 0.25) is 5.91 Å². The maximum Gasteiger partial charge on any atom is 0.348 e. The van der Waals surface area contributed by atoms with Crippen molar-refractivity contribution in [2.75, 3.05) is 44.3 Å². The first-order valence-electron chi connectivity index (χ1n) is 10.5. The first kappa shape index (κ1) is 22.9. The molecule has 0 aromatic carbocycles. The van der Waals surface area contributed by atoms with E-state index in [1.807, 2.05) is 11.8 Å². The maximum absolute atomic E-state index is 12.5. The number of amides is 1. The Balaban J connectivity index is 2.06. The maximum atomic E-state index is 12.5. The van der Waals surface area contributed by atoms with E-state index in [4.69, 9.17) is 14.5 Å². The predicted molar refractivity (Wildman–Crippen MR) is 118 cm³/mol. The zero-order chi connectivity index (χ0) is 22.5. The molecule has 10 heteroatoms. The third kappa shape index (κ3) is 5.12. The molecule has 3 rings (SSSR count). The highest BCUT2D eigenvalue weighted by molar-refractivity contribution is 7.20. The normalized spacial score (nSPS) is 14.5. The number of nitrogens with zero attached hydrogens (tertiary/aromatic N) is 4. The Bertz CT molecular complexity index is 990. The molecule has 1 amide bonds. The van der Waals surface area contributed by atoms with Gasteiger partial charge >= 0.3 is 11.9 Å². The molecule has 1 aliphatic heterocycles. The number of carbonyl (C=O) groups is 3. The van der Waals surface area contributed by atoms with Gasteiger partial charge in [0.15, 0.2) is 0 Å². The Morgan fingerprint density at radius 3 is 2.45 bits per heavy atom. The van der Waals surface area contributed by atoms with Crippen molar-refractivity contribution >= 4 is 45.2 Å². The molecule has 31 heavy (non-hydrogen) atoms. The van der Waals surface area contributed by atoms with Crippen LogP contribution < -0.4 is 4.90 Å². The van der Waals surface area contributed by atoms with Gasteiger partial charge in [-0.3, -0.25) is 9.59 Å². The summed E-state index contributed by atoms with van der Waals surface area (Å²) in [6.45, 7) is 10.1. The summed E-state index contributed by atoms with van der Waals surface area (Å²) in [6, 6.07) is 0. The van der Waals surface area contributed by atoms with Crippen molar-refractivity contribution in [3.8, 4) is 0 Å². The van der Waals surface area contributed by atoms with Gasteiger partial charge in [-0.1, -0.05) is 0 Å². The molecular formula is C21H28N4O5S. The Morgan fingerprint density at radius 1 is 1.03 bits per heavy atom. The molecule has 3 heterocycles. The van der Waals surface area contributed by atoms with Crippen LogP contribution in [0.3, 0.4) is 0 Å². The number of esters is 2. The number of aromatic nitrogens is 2. The fraction of sp³-hybridized carbons (Fsp3) is 0.571. The summed E-state index contributed by atoms with van der Waals surface area (Å²) in [7, 11) is 0. The number of ether oxygens (including phenoxy) is 2. The molecule has 1 fully saturated rings. The summed E-state index contributed by atoms with van der Waals surface area (Å²) >= 11 is 1.25. The number of hydrogen-bond donors (Lipinski definition) is 0. The van der Waals surface area contributed by atoms with E-state index in [1.165, 1.54) is 11.3 Å². The van der Waals surface area contributed by atoms with Crippen LogP contribution in [0.15, 0.2) is 0 Å². The standard InChI is InChI=1S/C21H28N4O5S/c1-5-29-16(27)12-15-22-19(25-9-7-8-24(10-11-25)14(4)26)17-13(3)18(21(28)30-6-2)31-20(17)23-15/h5-12H2,1-4H3. The van der Waals surface area contributed by atoms with Crippen LogP contribution in [0.2, 0.25) is 0 Å². The van der Waals surface area contributed by atoms with E-state index in [9.17, 15) is 14.4 Å². The van der Waals surface area contributed by atoms with Crippen LogP contribution in [-0.2, 0) is 25.5 Å². The van der Waals surface area contributed by atoms with Crippen molar-refractivity contribution in [1.82, 2.24) is 14.9 Å². The Labute approximate surface area is 185 Å². The highest BCUT2D eigenvalue weighted by atomic mass is 32.1. The molecule has 9 nitrogen and oxygen atoms in total. The predicted octanol–water partition coefficient (Wildman–Crippen LogP) is 2.34. The molecular weight excluding hydrogens is 420 g/mol. The molecule has 2 aromatic heterocycles. The SMILES string of the molecule is CCOC(=O)Cc1nc(N2CCCN(C(C)=O)CC2)c2c(C)c(C(=O)OCC)sc2n1. The van der Waals surface area contributed by atoms with Gasteiger partial charge in [0.1, 0.15) is 27.8 Å². The lowest BCUT2D eigenvalue weighted by Crippen LogP contribution is -2.34. The molecule has 168 valence electrons. The van der Waals surface area contributed by atoms with E-state index in [2.05, 4.69) is 9.88 Å². The molecule has 0 spiro atoms. The van der Waals surface area contributed by atoms with Crippen molar-refractivity contribution in [3.05, 3.63) is 16.3 Å². The third-order valence-electron chi connectivity index (χ3n) is 5.13. The Kier molecular flexibility index (Phi) is 7.42. The number of carbonyl (C=O) groups excluding carboxylic acids is 3. The van der Waals surface area contributed by atoms with Crippen molar-refractivity contribution in [1.29, 1.82) is 0 Å². The molecule has 1 aliphatic rings. The molecule has 2 aromatic rings. The summed E-state index contributed by atoms with van der Waals surface area (Å²) < 4.78 is 10.3. The lowest BCUT2D eigenvalue weighted by molar-refractivity contribution is -0.142. The number of fused-ring (bicyclic) bond motifs is 1. The third-order valence-corrected chi connectivity index (χ3v) is 6.29. The van der Waals surface area contributed by atoms with Gasteiger partial charge in [-0.2, -0.15) is 0 Å². The highest BCUT2D eigenvalue weighted by Gasteiger charge is 2.26. The van der Waals surface area contributed by atoms with Gasteiger partial charge in [-0.25, -0.2) is 14.8 Å². The number of hydrogen-bond acceptors (Lipinski definition) is 9. The summed E-state index contributed by atoms with van der Waals surface area (Å²) in [5.41, 5.74) is 0.767. The quantitative estimate of drug-likeness (QED) is 0.621. The number of thiophene rings is 1. The number of anilines is 1. The first-order chi connectivity index (χ1) is 14.8. The van der Waals surface area contributed by atoms with Gasteiger partial charge in [0.05, 0.1) is 18.6 Å². The highest BCUT2D eigenvalue weighted by Crippen LogP contribution is 2.36. The van der Waals surface area contributed by atoms with E-state index in [1.54, 1.807) is 20.8 Å². The second-order valence-electron chi connectivity index (χ2n) is 7.25. The summed E-state index contributed by atoms with van der Waals surface area (Å²) in [5, 5.41) is 0.789. The van der Waals surface area contributed by atoms with Crippen LogP contribution in [0, 0.1) is 6.92 Å². The van der Waals surface area contributed by atoms with E-state index >= 15 is 0 Å². The van der Waals surface area contributed by atoms with Crippen LogP contribution in [0.25, 0.3) is 10.2 Å². The van der Waals surface area contributed by atoms with Gasteiger partial charge < -0.3 is 19.3 Å². The summed E-state index contributed by atoms with van der Waals surface area (Å²) in [6.07, 6.45) is 0.752. The summed E-state index contributed by atoms with van der Waals surface area (Å²) in [5.74, 6) is 0.295. The van der Waals surface area contributed by atoms with Crippen LogP contribution in [-0.4, -0.2) is 72.1 Å². The van der Waals surface area contributed by atoms with Gasteiger partial charge in [0, 0.05) is 33.1 Å². The van der Waals surface area contributed by atoms with Gasteiger partial charge in [0.25, 0.3) is 0 Å². The van der Waals surface area contributed by atoms with E-state index in [-0.39, 0.29) is 31.5 Å². The van der Waals surface area contributed by atoms with Crippen molar-refractivity contribution in [2.45, 2.75) is 40.5 Å². The van der Waals surface area contributed by atoms with E-state index in [0.29, 0.717) is 47.5 Å². The molecule has 0 saturated carbocycles. The lowest BCUT2D eigenvalue weighted by Gasteiger charge is -2.23. The average molecular weight is 449 g/mol. The Hall–Kier alpha value is -2.75. The zero-order valence-electron chi connectivity index (χ0n) is 18.4. The monoisotopic (exact) mass is 448 g/mol. The van der Waals surface area contributed by atoms with Crippen LogP contribution >= 0.6 is 11.3 Å². The van der Waals surface area contributed by atoms with E-state index < -0.39 is 5.97 Å². The molecule has 0 N–H and O–H groups in total. The minimum absolute atomic E-state index is 0.0458. The molecule has 0 atom stereocenters. The number of rotatable bonds is 6. The minimum Gasteiger partial charge on any atom is -0.466 e. The van der Waals surface area contributed by atoms with Crippen molar-refractivity contribution in [2.24, 2.45) is 0 Å². The topological polar surface area (TPSA) is 102 Å². The molecule has 0 aliphatic carbocycles. The minimum atomic E-state index is -0.398. The fourth-order valence-corrected chi connectivity index (χ4v) is 4.73. The van der Waals surface area contributed by atoms with E-state index in [0.717, 1.165) is 17.4 Å². The van der Waals surface area contributed by atoms with Gasteiger partial charge in [-0.15, -0.1) is 11.3 Å². The van der Waals surface area contributed by atoms with Crippen LogP contribution in [0.4, 0.5) is 5.82 Å². The second-order valence-corrected chi connectivity index (χ2v) is 8.25. The smallest absolute Gasteiger partial charge is 0.348 e. The van der Waals surface area contributed by atoms with Crippen molar-refractivity contribution in [3.63, 3.8) is 0 Å². The largest absolute Gasteiger partial charge is 0.466 e. The zero-order valence-corrected chi connectivity index (χ0v) is 19.2.